The van der Waals surface area contributed by atoms with Crippen LogP contribution in [0.15, 0.2) is 18.2 Å². The first-order valence-corrected chi connectivity index (χ1v) is 6.80. The molecule has 0 spiro atoms. The summed E-state index contributed by atoms with van der Waals surface area (Å²) in [5.41, 5.74) is 0.668. The third kappa shape index (κ3) is 3.96. The van der Waals surface area contributed by atoms with E-state index < -0.39 is 0 Å². The van der Waals surface area contributed by atoms with Gasteiger partial charge in [0.25, 0.3) is 0 Å². The average Bonchev–Trinajstić information content (AvgIpc) is 2.42. The molecule has 1 aromatic carbocycles. The minimum Gasteiger partial charge on any atom is -0.486 e. The van der Waals surface area contributed by atoms with Gasteiger partial charge in [0, 0.05) is 5.56 Å². The maximum absolute atomic E-state index is 12.0. The van der Waals surface area contributed by atoms with Crippen LogP contribution >= 0.6 is 0 Å². The van der Waals surface area contributed by atoms with Crippen LogP contribution in [0.2, 0.25) is 0 Å². The number of hydrogen-bond acceptors (Lipinski definition) is 4. The van der Waals surface area contributed by atoms with Crippen molar-refractivity contribution >= 4 is 5.78 Å². The van der Waals surface area contributed by atoms with Crippen LogP contribution in [0.3, 0.4) is 0 Å². The molecule has 2 rings (SSSR count). The monoisotopic (exact) mass is 263 g/mol. The molecule has 104 valence electrons. The van der Waals surface area contributed by atoms with E-state index in [-0.39, 0.29) is 5.78 Å². The van der Waals surface area contributed by atoms with Crippen LogP contribution in [-0.4, -0.2) is 32.1 Å². The number of rotatable bonds is 6. The fourth-order valence-corrected chi connectivity index (χ4v) is 1.91. The minimum absolute atomic E-state index is 0.0840. The summed E-state index contributed by atoms with van der Waals surface area (Å²) < 4.78 is 10.9. The lowest BCUT2D eigenvalue weighted by Crippen LogP contribution is -2.25. The van der Waals surface area contributed by atoms with E-state index in [1.807, 2.05) is 0 Å². The van der Waals surface area contributed by atoms with Gasteiger partial charge >= 0.3 is 0 Å². The molecule has 0 amide bonds. The van der Waals surface area contributed by atoms with E-state index in [1.54, 1.807) is 18.2 Å². The van der Waals surface area contributed by atoms with Gasteiger partial charge in [0.1, 0.15) is 13.2 Å². The van der Waals surface area contributed by atoms with Crippen LogP contribution in [-0.2, 0) is 0 Å². The number of carbonyl (C=O) groups excluding carboxylic acids is 1. The lowest BCUT2D eigenvalue weighted by Gasteiger charge is -2.18. The molecule has 4 heteroatoms. The van der Waals surface area contributed by atoms with Crippen molar-refractivity contribution in [2.75, 3.05) is 26.3 Å². The van der Waals surface area contributed by atoms with Crippen molar-refractivity contribution in [2.45, 2.75) is 20.3 Å². The fourth-order valence-electron chi connectivity index (χ4n) is 1.91. The van der Waals surface area contributed by atoms with E-state index in [0.29, 0.717) is 37.0 Å². The average molecular weight is 263 g/mol. The molecule has 1 aliphatic rings. The van der Waals surface area contributed by atoms with E-state index in [9.17, 15) is 4.79 Å². The Morgan fingerprint density at radius 3 is 2.74 bits per heavy atom. The van der Waals surface area contributed by atoms with Gasteiger partial charge in [-0.2, -0.15) is 0 Å². The Morgan fingerprint density at radius 1 is 1.26 bits per heavy atom. The van der Waals surface area contributed by atoms with Gasteiger partial charge < -0.3 is 14.8 Å². The molecular formula is C15H21NO3. The van der Waals surface area contributed by atoms with Crippen molar-refractivity contribution in [2.24, 2.45) is 5.92 Å². The number of hydrogen-bond donors (Lipinski definition) is 1. The fraction of sp³-hybridized carbons (Fsp3) is 0.533. The van der Waals surface area contributed by atoms with Crippen LogP contribution < -0.4 is 14.8 Å². The Kier molecular flexibility index (Phi) is 4.80. The zero-order chi connectivity index (χ0) is 13.7. The van der Waals surface area contributed by atoms with Crippen molar-refractivity contribution in [3.8, 4) is 11.5 Å². The summed E-state index contributed by atoms with van der Waals surface area (Å²) in [6, 6.07) is 5.36. The summed E-state index contributed by atoms with van der Waals surface area (Å²) in [5, 5.41) is 3.17. The molecule has 0 saturated heterocycles. The van der Waals surface area contributed by atoms with E-state index in [2.05, 4.69) is 19.2 Å². The summed E-state index contributed by atoms with van der Waals surface area (Å²) in [5.74, 6) is 2.12. The van der Waals surface area contributed by atoms with Crippen molar-refractivity contribution in [3.05, 3.63) is 23.8 Å². The molecular weight excluding hydrogens is 242 g/mol. The second-order valence-electron chi connectivity index (χ2n) is 5.14. The predicted octanol–water partition coefficient (Wildman–Crippen LogP) is 2.28. The third-order valence-electron chi connectivity index (χ3n) is 3.05. The standard InChI is InChI=1S/C15H21NO3/c1-11(2)5-6-16-10-13(17)12-3-4-14-15(9-12)19-8-7-18-14/h3-4,9,11,16H,5-8,10H2,1-2H3. The molecule has 0 aliphatic carbocycles. The Balaban J connectivity index is 1.88. The highest BCUT2D eigenvalue weighted by Gasteiger charge is 2.14. The summed E-state index contributed by atoms with van der Waals surface area (Å²) in [4.78, 5) is 12.0. The van der Waals surface area contributed by atoms with E-state index in [1.165, 1.54) is 0 Å². The van der Waals surface area contributed by atoms with Gasteiger partial charge in [0.2, 0.25) is 0 Å². The van der Waals surface area contributed by atoms with Crippen LogP contribution in [0.4, 0.5) is 0 Å². The van der Waals surface area contributed by atoms with Gasteiger partial charge in [-0.05, 0) is 37.1 Å². The molecule has 0 radical (unpaired) electrons. The molecule has 1 aromatic rings. The molecule has 0 saturated carbocycles. The molecule has 19 heavy (non-hydrogen) atoms. The quantitative estimate of drug-likeness (QED) is 0.632. The topological polar surface area (TPSA) is 47.6 Å². The first kappa shape index (κ1) is 13.9. The number of fused-ring (bicyclic) bond motifs is 1. The third-order valence-corrected chi connectivity index (χ3v) is 3.05. The molecule has 0 atom stereocenters. The SMILES string of the molecule is CC(C)CCNCC(=O)c1ccc2c(c1)OCCO2. The zero-order valence-electron chi connectivity index (χ0n) is 11.6. The predicted molar refractivity (Wildman–Crippen MR) is 74.1 cm³/mol. The van der Waals surface area contributed by atoms with Gasteiger partial charge in [0.15, 0.2) is 17.3 Å². The maximum Gasteiger partial charge on any atom is 0.176 e. The lowest BCUT2D eigenvalue weighted by atomic mass is 10.1. The van der Waals surface area contributed by atoms with Crippen LogP contribution in [0, 0.1) is 5.92 Å². The van der Waals surface area contributed by atoms with Gasteiger partial charge in [-0.25, -0.2) is 0 Å². The molecule has 0 aromatic heterocycles. The largest absolute Gasteiger partial charge is 0.486 e. The number of nitrogens with one attached hydrogen (secondary N) is 1. The van der Waals surface area contributed by atoms with Crippen molar-refractivity contribution in [1.82, 2.24) is 5.32 Å². The highest BCUT2D eigenvalue weighted by Crippen LogP contribution is 2.30. The lowest BCUT2D eigenvalue weighted by molar-refractivity contribution is 0.0989. The normalized spacial score (nSPS) is 13.6. The van der Waals surface area contributed by atoms with E-state index in [0.717, 1.165) is 18.7 Å². The van der Waals surface area contributed by atoms with Gasteiger partial charge in [-0.1, -0.05) is 13.8 Å². The van der Waals surface area contributed by atoms with Gasteiger partial charge in [-0.15, -0.1) is 0 Å². The highest BCUT2D eigenvalue weighted by atomic mass is 16.6. The van der Waals surface area contributed by atoms with E-state index >= 15 is 0 Å². The summed E-state index contributed by atoms with van der Waals surface area (Å²) in [7, 11) is 0. The summed E-state index contributed by atoms with van der Waals surface area (Å²) in [6.45, 7) is 6.68. The Hall–Kier alpha value is -1.55. The van der Waals surface area contributed by atoms with Crippen molar-refractivity contribution in [3.63, 3.8) is 0 Å². The number of benzene rings is 1. The van der Waals surface area contributed by atoms with E-state index in [4.69, 9.17) is 9.47 Å². The number of carbonyl (C=O) groups is 1. The number of ether oxygens (including phenoxy) is 2. The minimum atomic E-state index is 0.0840. The summed E-state index contributed by atoms with van der Waals surface area (Å²) in [6.07, 6.45) is 1.08. The number of Topliss-reactive ketones (excluding diaryl/α,β-unsaturated/α-hetero) is 1. The highest BCUT2D eigenvalue weighted by molar-refractivity contribution is 5.98. The second kappa shape index (κ2) is 6.57. The molecule has 1 aliphatic heterocycles. The molecule has 1 heterocycles. The molecule has 0 bridgehead atoms. The number of ketones is 1. The molecule has 0 unspecified atom stereocenters. The smallest absolute Gasteiger partial charge is 0.176 e. The molecule has 4 nitrogen and oxygen atoms in total. The first-order valence-electron chi connectivity index (χ1n) is 6.80. The molecule has 0 fully saturated rings. The maximum atomic E-state index is 12.0. The second-order valence-corrected chi connectivity index (χ2v) is 5.14. The van der Waals surface area contributed by atoms with Crippen molar-refractivity contribution in [1.29, 1.82) is 0 Å². The Bertz CT molecular complexity index is 443. The van der Waals surface area contributed by atoms with Gasteiger partial charge in [-0.3, -0.25) is 4.79 Å². The molecule has 1 N–H and O–H groups in total. The summed E-state index contributed by atoms with van der Waals surface area (Å²) >= 11 is 0. The zero-order valence-corrected chi connectivity index (χ0v) is 11.6. The van der Waals surface area contributed by atoms with Gasteiger partial charge in [0.05, 0.1) is 6.54 Å². The Morgan fingerprint density at radius 2 is 2.00 bits per heavy atom. The Labute approximate surface area is 114 Å². The van der Waals surface area contributed by atoms with Crippen LogP contribution in [0.25, 0.3) is 0 Å². The first-order chi connectivity index (χ1) is 9.16. The van der Waals surface area contributed by atoms with Crippen LogP contribution in [0.5, 0.6) is 11.5 Å². The van der Waals surface area contributed by atoms with Crippen LogP contribution in [0.1, 0.15) is 30.6 Å². The van der Waals surface area contributed by atoms with Crippen molar-refractivity contribution < 1.29 is 14.3 Å².